The number of benzene rings is 1. The summed E-state index contributed by atoms with van der Waals surface area (Å²) in [5.41, 5.74) is 6.93. The second-order valence-corrected chi connectivity index (χ2v) is 5.33. The molecule has 6 heteroatoms. The molecule has 0 saturated carbocycles. The smallest absolute Gasteiger partial charge is 0.254 e. The maximum absolute atomic E-state index is 12.7. The molecule has 1 aromatic carbocycles. The van der Waals surface area contributed by atoms with Gasteiger partial charge in [-0.05, 0) is 31.0 Å². The highest BCUT2D eigenvalue weighted by Crippen LogP contribution is 2.22. The molecule has 1 unspecified atom stereocenters. The Morgan fingerprint density at radius 2 is 2.27 bits per heavy atom. The fourth-order valence-electron chi connectivity index (χ4n) is 2.59. The van der Waals surface area contributed by atoms with E-state index in [-0.39, 0.29) is 11.8 Å². The van der Waals surface area contributed by atoms with Crippen molar-refractivity contribution in [1.29, 1.82) is 0 Å². The first kappa shape index (κ1) is 16.3. The van der Waals surface area contributed by atoms with Crippen molar-refractivity contribution in [3.8, 4) is 5.75 Å². The predicted molar refractivity (Wildman–Crippen MR) is 83.9 cm³/mol. The van der Waals surface area contributed by atoms with Crippen molar-refractivity contribution < 1.29 is 14.3 Å². The standard InChI is InChI=1S/C16H23N3O3/c1-3-13-15(20)18-7-8-19(13)16(21)12-5-4-11(2)14(10-12)22-9-6-17/h4-5,10,13H,3,6-9,17H2,1-2H3,(H,18,20). The van der Waals surface area contributed by atoms with E-state index >= 15 is 0 Å². The highest BCUT2D eigenvalue weighted by atomic mass is 16.5. The Morgan fingerprint density at radius 1 is 1.50 bits per heavy atom. The van der Waals surface area contributed by atoms with E-state index in [0.29, 0.717) is 44.0 Å². The first-order valence-corrected chi connectivity index (χ1v) is 7.60. The Kier molecular flexibility index (Phi) is 5.38. The Labute approximate surface area is 130 Å². The molecular weight excluding hydrogens is 282 g/mol. The van der Waals surface area contributed by atoms with Gasteiger partial charge in [0, 0.05) is 25.2 Å². The van der Waals surface area contributed by atoms with Crippen molar-refractivity contribution in [2.45, 2.75) is 26.3 Å². The molecule has 3 N–H and O–H groups in total. The first-order valence-electron chi connectivity index (χ1n) is 7.60. The number of carbonyl (C=O) groups is 2. The molecule has 1 aromatic rings. The van der Waals surface area contributed by atoms with Crippen LogP contribution >= 0.6 is 0 Å². The van der Waals surface area contributed by atoms with Crippen molar-refractivity contribution >= 4 is 11.8 Å². The molecule has 1 fully saturated rings. The average Bonchev–Trinajstić information content (AvgIpc) is 2.53. The summed E-state index contributed by atoms with van der Waals surface area (Å²) in [5.74, 6) is 0.430. The van der Waals surface area contributed by atoms with Gasteiger partial charge in [0.1, 0.15) is 18.4 Å². The molecule has 120 valence electrons. The van der Waals surface area contributed by atoms with Crippen molar-refractivity contribution in [2.24, 2.45) is 5.73 Å². The molecule has 1 heterocycles. The number of nitrogens with two attached hydrogens (primary N) is 1. The van der Waals surface area contributed by atoms with Crippen LogP contribution in [-0.2, 0) is 4.79 Å². The molecule has 0 aliphatic carbocycles. The summed E-state index contributed by atoms with van der Waals surface area (Å²) >= 11 is 0. The highest BCUT2D eigenvalue weighted by molar-refractivity contribution is 5.98. The van der Waals surface area contributed by atoms with Crippen molar-refractivity contribution in [1.82, 2.24) is 10.2 Å². The number of amides is 2. The quantitative estimate of drug-likeness (QED) is 0.838. The normalized spacial score (nSPS) is 18.0. The minimum atomic E-state index is -0.407. The maximum Gasteiger partial charge on any atom is 0.254 e. The number of piperazine rings is 1. The number of aryl methyl sites for hydroxylation is 1. The van der Waals surface area contributed by atoms with Crippen LogP contribution in [0.3, 0.4) is 0 Å². The number of hydrogen-bond donors (Lipinski definition) is 2. The second-order valence-electron chi connectivity index (χ2n) is 5.33. The van der Waals surface area contributed by atoms with E-state index in [4.69, 9.17) is 10.5 Å². The van der Waals surface area contributed by atoms with Crippen LogP contribution in [-0.4, -0.2) is 49.0 Å². The van der Waals surface area contributed by atoms with E-state index in [1.54, 1.807) is 17.0 Å². The van der Waals surface area contributed by atoms with E-state index in [9.17, 15) is 9.59 Å². The molecule has 2 amide bonds. The maximum atomic E-state index is 12.7. The zero-order valence-corrected chi connectivity index (χ0v) is 13.1. The van der Waals surface area contributed by atoms with Gasteiger partial charge in [-0.1, -0.05) is 13.0 Å². The van der Waals surface area contributed by atoms with Gasteiger partial charge in [-0.25, -0.2) is 0 Å². The third kappa shape index (κ3) is 3.39. The van der Waals surface area contributed by atoms with Gasteiger partial charge in [-0.2, -0.15) is 0 Å². The molecule has 1 atom stereocenters. The van der Waals surface area contributed by atoms with Gasteiger partial charge >= 0.3 is 0 Å². The lowest BCUT2D eigenvalue weighted by Crippen LogP contribution is -2.56. The SMILES string of the molecule is CCC1C(=O)NCCN1C(=O)c1ccc(C)c(OCCN)c1. The molecular formula is C16H23N3O3. The fourth-order valence-corrected chi connectivity index (χ4v) is 2.59. The van der Waals surface area contributed by atoms with Gasteiger partial charge in [0.2, 0.25) is 5.91 Å². The summed E-state index contributed by atoms with van der Waals surface area (Å²) in [5, 5.41) is 2.80. The number of nitrogens with zero attached hydrogens (tertiary/aromatic N) is 1. The van der Waals surface area contributed by atoms with Crippen molar-refractivity contribution in [3.63, 3.8) is 0 Å². The second kappa shape index (κ2) is 7.26. The topological polar surface area (TPSA) is 84.7 Å². The molecule has 0 bridgehead atoms. The summed E-state index contributed by atoms with van der Waals surface area (Å²) in [7, 11) is 0. The molecule has 22 heavy (non-hydrogen) atoms. The summed E-state index contributed by atoms with van der Waals surface area (Å²) in [6.07, 6.45) is 0.597. The molecule has 1 aliphatic heterocycles. The van der Waals surface area contributed by atoms with Gasteiger partial charge < -0.3 is 20.7 Å². The number of rotatable bonds is 5. The van der Waals surface area contributed by atoms with Crippen LogP contribution in [0.5, 0.6) is 5.75 Å². The minimum absolute atomic E-state index is 0.0891. The zero-order valence-electron chi connectivity index (χ0n) is 13.1. The lowest BCUT2D eigenvalue weighted by Gasteiger charge is -2.34. The van der Waals surface area contributed by atoms with E-state index in [2.05, 4.69) is 5.32 Å². The lowest BCUT2D eigenvalue weighted by molar-refractivity contribution is -0.127. The van der Waals surface area contributed by atoms with Crippen LogP contribution in [0.4, 0.5) is 0 Å². The first-order chi connectivity index (χ1) is 10.6. The third-order valence-corrected chi connectivity index (χ3v) is 3.79. The molecule has 0 aromatic heterocycles. The van der Waals surface area contributed by atoms with Gasteiger partial charge in [0.05, 0.1) is 0 Å². The number of hydrogen-bond acceptors (Lipinski definition) is 4. The summed E-state index contributed by atoms with van der Waals surface area (Å²) in [6, 6.07) is 4.94. The molecule has 1 aliphatic rings. The van der Waals surface area contributed by atoms with Crippen LogP contribution < -0.4 is 15.8 Å². The van der Waals surface area contributed by atoms with Gasteiger partial charge in [0.15, 0.2) is 0 Å². The Balaban J connectivity index is 2.22. The molecule has 0 spiro atoms. The Bertz CT molecular complexity index is 560. The van der Waals surface area contributed by atoms with Crippen molar-refractivity contribution in [3.05, 3.63) is 29.3 Å². The Hall–Kier alpha value is -2.08. The van der Waals surface area contributed by atoms with Gasteiger partial charge in [-0.15, -0.1) is 0 Å². The van der Waals surface area contributed by atoms with Gasteiger partial charge in [0.25, 0.3) is 5.91 Å². The van der Waals surface area contributed by atoms with E-state index in [0.717, 1.165) is 5.56 Å². The number of carbonyl (C=O) groups excluding carboxylic acids is 2. The summed E-state index contributed by atoms with van der Waals surface area (Å²) in [6.45, 7) is 5.66. The average molecular weight is 305 g/mol. The third-order valence-electron chi connectivity index (χ3n) is 3.79. The van der Waals surface area contributed by atoms with Crippen LogP contribution in [0, 0.1) is 6.92 Å². The molecule has 0 radical (unpaired) electrons. The van der Waals surface area contributed by atoms with Crippen LogP contribution in [0.2, 0.25) is 0 Å². The molecule has 2 rings (SSSR count). The Morgan fingerprint density at radius 3 is 2.95 bits per heavy atom. The molecule has 6 nitrogen and oxygen atoms in total. The fraction of sp³-hybridized carbons (Fsp3) is 0.500. The zero-order chi connectivity index (χ0) is 16.1. The van der Waals surface area contributed by atoms with Crippen molar-refractivity contribution in [2.75, 3.05) is 26.2 Å². The minimum Gasteiger partial charge on any atom is -0.492 e. The van der Waals surface area contributed by atoms with E-state index in [1.807, 2.05) is 19.9 Å². The monoisotopic (exact) mass is 305 g/mol. The number of ether oxygens (including phenoxy) is 1. The predicted octanol–water partition coefficient (Wildman–Crippen LogP) is 0.683. The van der Waals surface area contributed by atoms with E-state index in [1.165, 1.54) is 0 Å². The van der Waals surface area contributed by atoms with E-state index < -0.39 is 6.04 Å². The van der Waals surface area contributed by atoms with Gasteiger partial charge in [-0.3, -0.25) is 9.59 Å². The summed E-state index contributed by atoms with van der Waals surface area (Å²) < 4.78 is 5.56. The van der Waals surface area contributed by atoms with Crippen LogP contribution in [0.1, 0.15) is 29.3 Å². The van der Waals surface area contributed by atoms with Crippen LogP contribution in [0.25, 0.3) is 0 Å². The molecule has 1 saturated heterocycles. The highest BCUT2D eigenvalue weighted by Gasteiger charge is 2.32. The number of nitrogens with one attached hydrogen (secondary N) is 1. The summed E-state index contributed by atoms with van der Waals surface area (Å²) in [4.78, 5) is 26.2. The van der Waals surface area contributed by atoms with Crippen LogP contribution in [0.15, 0.2) is 18.2 Å². The lowest BCUT2D eigenvalue weighted by atomic mass is 10.1. The largest absolute Gasteiger partial charge is 0.492 e.